The van der Waals surface area contributed by atoms with Crippen LogP contribution in [0.3, 0.4) is 0 Å². The Morgan fingerprint density at radius 1 is 1.53 bits per heavy atom. The van der Waals surface area contributed by atoms with Crippen molar-refractivity contribution >= 4 is 28.7 Å². The predicted octanol–water partition coefficient (Wildman–Crippen LogP) is 2.60. The third-order valence-electron chi connectivity index (χ3n) is 2.68. The van der Waals surface area contributed by atoms with Crippen molar-refractivity contribution in [3.8, 4) is 0 Å². The Morgan fingerprint density at radius 2 is 2.32 bits per heavy atom. The second-order valence-electron chi connectivity index (χ2n) is 4.03. The first-order chi connectivity index (χ1) is 9.10. The van der Waals surface area contributed by atoms with Gasteiger partial charge in [-0.3, -0.25) is 0 Å². The highest BCUT2D eigenvalue weighted by molar-refractivity contribution is 7.11. The molecule has 0 aliphatic carbocycles. The highest BCUT2D eigenvalue weighted by Crippen LogP contribution is 2.20. The highest BCUT2D eigenvalue weighted by Gasteiger charge is 2.08. The third-order valence-corrected chi connectivity index (χ3v) is 3.82. The van der Waals surface area contributed by atoms with Gasteiger partial charge in [0.1, 0.15) is 5.01 Å². The molecule has 1 aromatic heterocycles. The molecule has 0 saturated carbocycles. The number of thiazole rings is 1. The summed E-state index contributed by atoms with van der Waals surface area (Å²) in [4.78, 5) is 16.4. The molecule has 19 heavy (non-hydrogen) atoms. The molecule has 0 atom stereocenters. The highest BCUT2D eigenvalue weighted by atomic mass is 32.1. The number of benzene rings is 1. The molecule has 0 aliphatic rings. The van der Waals surface area contributed by atoms with Crippen LogP contribution in [-0.2, 0) is 13.0 Å². The summed E-state index contributed by atoms with van der Waals surface area (Å²) in [6.45, 7) is 2.70. The number of carboxylic acid groups (broad SMARTS) is 1. The van der Waals surface area contributed by atoms with Crippen molar-refractivity contribution in [2.75, 3.05) is 11.1 Å². The molecule has 0 saturated heterocycles. The maximum absolute atomic E-state index is 10.8. The minimum Gasteiger partial charge on any atom is -0.478 e. The van der Waals surface area contributed by atoms with Gasteiger partial charge in [-0.15, -0.1) is 11.3 Å². The van der Waals surface area contributed by atoms with Crippen LogP contribution in [0.1, 0.15) is 27.2 Å². The minimum atomic E-state index is -1.02. The molecule has 0 bridgehead atoms. The third kappa shape index (κ3) is 3.23. The van der Waals surface area contributed by atoms with Gasteiger partial charge in [0, 0.05) is 22.4 Å². The fraction of sp³-hybridized carbons (Fsp3) is 0.231. The average Bonchev–Trinajstić information content (AvgIpc) is 2.84. The molecule has 1 aromatic carbocycles. The molecule has 4 N–H and O–H groups in total. The topological polar surface area (TPSA) is 88.2 Å². The monoisotopic (exact) mass is 277 g/mol. The number of aryl methyl sites for hydroxylation is 1. The van der Waals surface area contributed by atoms with Crippen LogP contribution in [0.15, 0.2) is 24.4 Å². The van der Waals surface area contributed by atoms with Gasteiger partial charge in [0.2, 0.25) is 0 Å². The van der Waals surface area contributed by atoms with Crippen LogP contribution in [0.25, 0.3) is 0 Å². The SMILES string of the molecule is CCc1cnc(CNc2ccc(C(=O)O)c(N)c2)s1. The van der Waals surface area contributed by atoms with Gasteiger partial charge in [-0.25, -0.2) is 9.78 Å². The Morgan fingerprint density at radius 3 is 2.89 bits per heavy atom. The van der Waals surface area contributed by atoms with E-state index in [4.69, 9.17) is 10.8 Å². The van der Waals surface area contributed by atoms with Gasteiger partial charge in [-0.2, -0.15) is 0 Å². The largest absolute Gasteiger partial charge is 0.478 e. The lowest BCUT2D eigenvalue weighted by Crippen LogP contribution is -2.04. The van der Waals surface area contributed by atoms with Gasteiger partial charge in [0.05, 0.1) is 12.1 Å². The summed E-state index contributed by atoms with van der Waals surface area (Å²) in [6.07, 6.45) is 2.86. The number of aromatic carboxylic acids is 1. The number of aromatic nitrogens is 1. The molecule has 0 fully saturated rings. The van der Waals surface area contributed by atoms with E-state index in [0.29, 0.717) is 6.54 Å². The summed E-state index contributed by atoms with van der Waals surface area (Å²) in [6, 6.07) is 4.82. The van der Waals surface area contributed by atoms with Crippen molar-refractivity contribution in [3.63, 3.8) is 0 Å². The van der Waals surface area contributed by atoms with Crippen molar-refractivity contribution in [2.45, 2.75) is 19.9 Å². The van der Waals surface area contributed by atoms with Crippen molar-refractivity contribution in [3.05, 3.63) is 39.8 Å². The zero-order chi connectivity index (χ0) is 13.8. The van der Waals surface area contributed by atoms with Crippen LogP contribution < -0.4 is 11.1 Å². The molecule has 2 rings (SSSR count). The van der Waals surface area contributed by atoms with Gasteiger partial charge in [-0.05, 0) is 24.6 Å². The van der Waals surface area contributed by atoms with E-state index in [1.807, 2.05) is 6.20 Å². The fourth-order valence-electron chi connectivity index (χ4n) is 1.64. The summed E-state index contributed by atoms with van der Waals surface area (Å²) in [5.74, 6) is -1.02. The number of carboxylic acids is 1. The number of carbonyl (C=O) groups is 1. The molecule has 0 unspecified atom stereocenters. The first kappa shape index (κ1) is 13.4. The number of rotatable bonds is 5. The molecule has 6 heteroatoms. The van der Waals surface area contributed by atoms with Crippen LogP contribution in [0.4, 0.5) is 11.4 Å². The lowest BCUT2D eigenvalue weighted by Gasteiger charge is -2.07. The molecule has 2 aromatic rings. The van der Waals surface area contributed by atoms with Crippen LogP contribution in [0, 0.1) is 0 Å². The second-order valence-corrected chi connectivity index (χ2v) is 5.23. The minimum absolute atomic E-state index is 0.119. The van der Waals surface area contributed by atoms with Crippen molar-refractivity contribution < 1.29 is 9.90 Å². The number of hydrogen-bond donors (Lipinski definition) is 3. The number of nitrogens with two attached hydrogens (primary N) is 1. The van der Waals surface area contributed by atoms with E-state index >= 15 is 0 Å². The van der Waals surface area contributed by atoms with Crippen molar-refractivity contribution in [1.29, 1.82) is 0 Å². The molecule has 1 heterocycles. The standard InChI is InChI=1S/C13H15N3O2S/c1-2-9-6-16-12(19-9)7-15-8-3-4-10(13(17)18)11(14)5-8/h3-6,15H,2,7,14H2,1H3,(H,17,18). The number of nitrogens with zero attached hydrogens (tertiary/aromatic N) is 1. The van der Waals surface area contributed by atoms with Gasteiger partial charge in [-0.1, -0.05) is 6.92 Å². The molecule has 100 valence electrons. The number of nitrogens with one attached hydrogen (secondary N) is 1. The molecule has 0 radical (unpaired) electrons. The van der Waals surface area contributed by atoms with Gasteiger partial charge in [0.25, 0.3) is 0 Å². The summed E-state index contributed by atoms with van der Waals surface area (Å²) in [7, 11) is 0. The van der Waals surface area contributed by atoms with E-state index in [9.17, 15) is 4.79 Å². The van der Waals surface area contributed by atoms with E-state index < -0.39 is 5.97 Å². The number of nitrogen functional groups attached to an aromatic ring is 1. The van der Waals surface area contributed by atoms with Crippen molar-refractivity contribution in [1.82, 2.24) is 4.98 Å². The summed E-state index contributed by atoms with van der Waals surface area (Å²) >= 11 is 1.67. The smallest absolute Gasteiger partial charge is 0.337 e. The summed E-state index contributed by atoms with van der Waals surface area (Å²) in [5.41, 5.74) is 6.84. The Kier molecular flexibility index (Phi) is 4.01. The molecular weight excluding hydrogens is 262 g/mol. The van der Waals surface area contributed by atoms with Crippen LogP contribution >= 0.6 is 11.3 Å². The molecule has 0 aliphatic heterocycles. The predicted molar refractivity (Wildman–Crippen MR) is 76.6 cm³/mol. The molecule has 0 amide bonds. The lowest BCUT2D eigenvalue weighted by molar-refractivity contribution is 0.0698. The fourth-order valence-corrected chi connectivity index (χ4v) is 2.44. The molecule has 0 spiro atoms. The van der Waals surface area contributed by atoms with Crippen LogP contribution in [0.2, 0.25) is 0 Å². The van der Waals surface area contributed by atoms with Crippen molar-refractivity contribution in [2.24, 2.45) is 0 Å². The average molecular weight is 277 g/mol. The number of hydrogen-bond acceptors (Lipinski definition) is 5. The zero-order valence-corrected chi connectivity index (χ0v) is 11.3. The summed E-state index contributed by atoms with van der Waals surface area (Å²) < 4.78 is 0. The van der Waals surface area contributed by atoms with Crippen LogP contribution in [-0.4, -0.2) is 16.1 Å². The van der Waals surface area contributed by atoms with Gasteiger partial charge in [0.15, 0.2) is 0 Å². The first-order valence-electron chi connectivity index (χ1n) is 5.90. The van der Waals surface area contributed by atoms with E-state index in [1.54, 1.807) is 23.5 Å². The Bertz CT molecular complexity index is 595. The van der Waals surface area contributed by atoms with E-state index in [-0.39, 0.29) is 11.3 Å². The number of anilines is 2. The van der Waals surface area contributed by atoms with E-state index in [0.717, 1.165) is 17.1 Å². The van der Waals surface area contributed by atoms with Crippen LogP contribution in [0.5, 0.6) is 0 Å². The molecule has 5 nitrogen and oxygen atoms in total. The van der Waals surface area contributed by atoms with E-state index in [2.05, 4.69) is 17.2 Å². The molecular formula is C13H15N3O2S. The van der Waals surface area contributed by atoms with E-state index in [1.165, 1.54) is 10.9 Å². The lowest BCUT2D eigenvalue weighted by atomic mass is 10.1. The van der Waals surface area contributed by atoms with Gasteiger partial charge < -0.3 is 16.2 Å². The van der Waals surface area contributed by atoms with Gasteiger partial charge >= 0.3 is 5.97 Å². The maximum Gasteiger partial charge on any atom is 0.337 e. The Labute approximate surface area is 115 Å². The Hall–Kier alpha value is -2.08. The maximum atomic E-state index is 10.8. The zero-order valence-electron chi connectivity index (χ0n) is 10.5. The first-order valence-corrected chi connectivity index (χ1v) is 6.72. The Balaban J connectivity index is 2.03. The summed E-state index contributed by atoms with van der Waals surface area (Å²) in [5, 5.41) is 13.1. The quantitative estimate of drug-likeness (QED) is 0.731. The normalized spacial score (nSPS) is 10.4. The second kappa shape index (κ2) is 5.71.